The lowest BCUT2D eigenvalue weighted by atomic mass is 10.0. The third kappa shape index (κ3) is 9.51. The highest BCUT2D eigenvalue weighted by Crippen LogP contribution is 2.16. The number of aliphatic hydroxyl groups is 2. The van der Waals surface area contributed by atoms with E-state index in [1.807, 2.05) is 60.7 Å². The van der Waals surface area contributed by atoms with E-state index in [0.29, 0.717) is 19.4 Å². The first-order valence-electron chi connectivity index (χ1n) is 10.7. The van der Waals surface area contributed by atoms with Crippen molar-refractivity contribution in [1.82, 2.24) is 4.90 Å². The van der Waals surface area contributed by atoms with E-state index in [-0.39, 0.29) is 19.8 Å². The van der Waals surface area contributed by atoms with Gasteiger partial charge in [0.15, 0.2) is 0 Å². The molecule has 0 fully saturated rings. The Morgan fingerprint density at radius 3 is 2.13 bits per heavy atom. The molecule has 2 rings (SSSR count). The number of aryl methyl sites for hydroxylation is 1. The number of hydrogen-bond acceptors (Lipinski definition) is 5. The average molecular weight is 430 g/mol. The fourth-order valence-electron chi connectivity index (χ4n) is 3.18. The maximum Gasteiger partial charge on any atom is 0.410 e. The molecule has 170 valence electrons. The minimum absolute atomic E-state index is 0.0176. The Balaban J connectivity index is 1.99. The first-order chi connectivity index (χ1) is 14.8. The molecule has 6 nitrogen and oxygen atoms in total. The highest BCUT2D eigenvalue weighted by Gasteiger charge is 2.29. The molecule has 0 aliphatic carbocycles. The largest absolute Gasteiger partial charge is 0.444 e. The van der Waals surface area contributed by atoms with Crippen molar-refractivity contribution in [3.63, 3.8) is 0 Å². The van der Waals surface area contributed by atoms with Crippen LogP contribution in [-0.2, 0) is 22.5 Å². The van der Waals surface area contributed by atoms with E-state index in [1.54, 1.807) is 20.8 Å². The Labute approximate surface area is 185 Å². The smallest absolute Gasteiger partial charge is 0.410 e. The molecule has 0 saturated carbocycles. The molecule has 2 atom stereocenters. The van der Waals surface area contributed by atoms with Crippen LogP contribution >= 0.6 is 0 Å². The van der Waals surface area contributed by atoms with Crippen molar-refractivity contribution >= 4 is 6.09 Å². The SMILES string of the molecule is CC(C)(C)OC(=O)N(CC(O)COCc1ccccc1)C(CO)CCc1ccccc1. The second kappa shape index (κ2) is 12.4. The third-order valence-electron chi connectivity index (χ3n) is 4.72. The molecule has 2 aromatic rings. The number of rotatable bonds is 11. The lowest BCUT2D eigenvalue weighted by molar-refractivity contribution is -0.0238. The number of benzene rings is 2. The van der Waals surface area contributed by atoms with Crippen molar-refractivity contribution in [3.05, 3.63) is 71.8 Å². The molecule has 0 aliphatic heterocycles. The van der Waals surface area contributed by atoms with Gasteiger partial charge in [-0.2, -0.15) is 0 Å². The molecule has 1 amide bonds. The molecule has 0 radical (unpaired) electrons. The Bertz CT molecular complexity index is 760. The van der Waals surface area contributed by atoms with E-state index in [9.17, 15) is 15.0 Å². The van der Waals surface area contributed by atoms with Crippen molar-refractivity contribution in [2.75, 3.05) is 19.8 Å². The van der Waals surface area contributed by atoms with Crippen LogP contribution in [-0.4, -0.2) is 58.7 Å². The van der Waals surface area contributed by atoms with Crippen LogP contribution in [0.4, 0.5) is 4.79 Å². The molecule has 2 N–H and O–H groups in total. The summed E-state index contributed by atoms with van der Waals surface area (Å²) in [7, 11) is 0. The summed E-state index contributed by atoms with van der Waals surface area (Å²) in [4.78, 5) is 14.3. The summed E-state index contributed by atoms with van der Waals surface area (Å²) in [6, 6.07) is 19.1. The summed E-state index contributed by atoms with van der Waals surface area (Å²) in [5.41, 5.74) is 1.45. The molecule has 2 aromatic carbocycles. The van der Waals surface area contributed by atoms with Crippen molar-refractivity contribution in [3.8, 4) is 0 Å². The highest BCUT2D eigenvalue weighted by atomic mass is 16.6. The van der Waals surface area contributed by atoms with Crippen LogP contribution in [0.2, 0.25) is 0 Å². The third-order valence-corrected chi connectivity index (χ3v) is 4.72. The number of amides is 1. The van der Waals surface area contributed by atoms with Gasteiger partial charge in [0.1, 0.15) is 5.60 Å². The predicted octanol–water partition coefficient (Wildman–Crippen LogP) is 3.79. The summed E-state index contributed by atoms with van der Waals surface area (Å²) in [6.07, 6.45) is -0.202. The number of nitrogens with zero attached hydrogens (tertiary/aromatic N) is 1. The first kappa shape index (κ1) is 24.9. The summed E-state index contributed by atoms with van der Waals surface area (Å²) in [5, 5.41) is 20.5. The maximum atomic E-state index is 12.8. The summed E-state index contributed by atoms with van der Waals surface area (Å²) in [5.74, 6) is 0. The molecule has 0 heterocycles. The standard InChI is InChI=1S/C25H35NO5/c1-25(2,3)31-24(29)26(22(17-27)15-14-20-10-6-4-7-11-20)16-23(28)19-30-18-21-12-8-5-9-13-21/h4-13,22-23,27-28H,14-19H2,1-3H3. The molecule has 0 aromatic heterocycles. The molecule has 31 heavy (non-hydrogen) atoms. The van der Waals surface area contributed by atoms with Gasteiger partial charge in [-0.25, -0.2) is 4.79 Å². The number of aliphatic hydroxyl groups excluding tert-OH is 2. The van der Waals surface area contributed by atoms with E-state index < -0.39 is 23.8 Å². The Hall–Kier alpha value is -2.41. The van der Waals surface area contributed by atoms with Gasteiger partial charge in [-0.1, -0.05) is 60.7 Å². The normalized spacial score (nSPS) is 13.5. The Kier molecular flexibility index (Phi) is 9.98. The number of hydrogen-bond donors (Lipinski definition) is 2. The molecule has 0 spiro atoms. The van der Waals surface area contributed by atoms with Gasteiger partial charge in [0.05, 0.1) is 38.5 Å². The molecular weight excluding hydrogens is 394 g/mol. The highest BCUT2D eigenvalue weighted by molar-refractivity contribution is 5.68. The first-order valence-corrected chi connectivity index (χ1v) is 10.7. The number of carbonyl (C=O) groups excluding carboxylic acids is 1. The quantitative estimate of drug-likeness (QED) is 0.568. The van der Waals surface area contributed by atoms with Crippen molar-refractivity contribution < 1.29 is 24.5 Å². The second-order valence-electron chi connectivity index (χ2n) is 8.65. The van der Waals surface area contributed by atoms with Gasteiger partial charge in [-0.05, 0) is 44.7 Å². The van der Waals surface area contributed by atoms with Gasteiger partial charge in [0.2, 0.25) is 0 Å². The van der Waals surface area contributed by atoms with E-state index in [1.165, 1.54) is 4.90 Å². The Morgan fingerprint density at radius 2 is 1.58 bits per heavy atom. The minimum Gasteiger partial charge on any atom is -0.444 e. The molecular formula is C25H35NO5. The van der Waals surface area contributed by atoms with Gasteiger partial charge in [0, 0.05) is 0 Å². The van der Waals surface area contributed by atoms with Gasteiger partial charge in [-0.3, -0.25) is 0 Å². The van der Waals surface area contributed by atoms with Gasteiger partial charge >= 0.3 is 6.09 Å². The fraction of sp³-hybridized carbons (Fsp3) is 0.480. The van der Waals surface area contributed by atoms with E-state index >= 15 is 0 Å². The lowest BCUT2D eigenvalue weighted by Gasteiger charge is -2.34. The molecule has 0 bridgehead atoms. The molecule has 0 saturated heterocycles. The van der Waals surface area contributed by atoms with Gasteiger partial charge < -0.3 is 24.6 Å². The molecule has 0 aliphatic rings. The van der Waals surface area contributed by atoms with Gasteiger partial charge in [0.25, 0.3) is 0 Å². The van der Waals surface area contributed by atoms with Crippen LogP contribution in [0.3, 0.4) is 0 Å². The average Bonchev–Trinajstić information content (AvgIpc) is 2.73. The zero-order valence-corrected chi connectivity index (χ0v) is 18.7. The van der Waals surface area contributed by atoms with Crippen LogP contribution in [0.25, 0.3) is 0 Å². The molecule has 6 heteroatoms. The second-order valence-corrected chi connectivity index (χ2v) is 8.65. The van der Waals surface area contributed by atoms with E-state index in [0.717, 1.165) is 11.1 Å². The van der Waals surface area contributed by atoms with Crippen LogP contribution in [0.1, 0.15) is 38.3 Å². The number of carbonyl (C=O) groups is 1. The van der Waals surface area contributed by atoms with Crippen LogP contribution in [0.5, 0.6) is 0 Å². The maximum absolute atomic E-state index is 12.8. The summed E-state index contributed by atoms with van der Waals surface area (Å²) >= 11 is 0. The van der Waals surface area contributed by atoms with Crippen molar-refractivity contribution in [2.45, 2.75) is 58.0 Å². The van der Waals surface area contributed by atoms with Crippen molar-refractivity contribution in [1.29, 1.82) is 0 Å². The zero-order valence-electron chi connectivity index (χ0n) is 18.7. The zero-order chi connectivity index (χ0) is 22.7. The van der Waals surface area contributed by atoms with Crippen LogP contribution < -0.4 is 0 Å². The Morgan fingerprint density at radius 1 is 1.00 bits per heavy atom. The van der Waals surface area contributed by atoms with Gasteiger partial charge in [-0.15, -0.1) is 0 Å². The van der Waals surface area contributed by atoms with E-state index in [2.05, 4.69) is 0 Å². The van der Waals surface area contributed by atoms with Crippen molar-refractivity contribution in [2.24, 2.45) is 0 Å². The van der Waals surface area contributed by atoms with Crippen LogP contribution in [0.15, 0.2) is 60.7 Å². The predicted molar refractivity (Wildman–Crippen MR) is 121 cm³/mol. The molecule has 2 unspecified atom stereocenters. The monoisotopic (exact) mass is 429 g/mol. The topological polar surface area (TPSA) is 79.2 Å². The van der Waals surface area contributed by atoms with Crippen LogP contribution in [0, 0.1) is 0 Å². The lowest BCUT2D eigenvalue weighted by Crippen LogP contribution is -2.49. The summed E-state index contributed by atoms with van der Waals surface area (Å²) in [6.45, 7) is 5.63. The van der Waals surface area contributed by atoms with E-state index in [4.69, 9.17) is 9.47 Å². The fourth-order valence-corrected chi connectivity index (χ4v) is 3.18. The minimum atomic E-state index is -0.901. The summed E-state index contributed by atoms with van der Waals surface area (Å²) < 4.78 is 11.1. The number of ether oxygens (including phenoxy) is 2.